The van der Waals surface area contributed by atoms with Crippen LogP contribution in [0.1, 0.15) is 16.8 Å². The number of carbonyl (C=O) groups is 1. The lowest BCUT2D eigenvalue weighted by atomic mass is 10.2. The minimum atomic E-state index is -1.01. The number of nitrogens with two attached hydrogens (primary N) is 1. The standard InChI is InChI=1S/C11H12F2N2O/c12-9-2-1-7(5-10(9)13)11(16)15-4-3-8(14)6-15/h1-2,5,8H,3-4,6,14H2/t8-/m0/s1. The van der Waals surface area contributed by atoms with E-state index in [0.29, 0.717) is 13.1 Å². The van der Waals surface area contributed by atoms with Crippen molar-refractivity contribution in [1.82, 2.24) is 4.90 Å². The predicted octanol–water partition coefficient (Wildman–Crippen LogP) is 1.14. The molecule has 1 aliphatic rings. The van der Waals surface area contributed by atoms with Gasteiger partial charge in [-0.3, -0.25) is 4.79 Å². The molecule has 2 N–H and O–H groups in total. The number of likely N-dealkylation sites (tertiary alicyclic amines) is 1. The van der Waals surface area contributed by atoms with Gasteiger partial charge in [0.25, 0.3) is 5.91 Å². The molecule has 1 heterocycles. The van der Waals surface area contributed by atoms with Crippen LogP contribution in [-0.4, -0.2) is 29.9 Å². The summed E-state index contributed by atoms with van der Waals surface area (Å²) in [6.07, 6.45) is 0.745. The molecule has 0 spiro atoms. The highest BCUT2D eigenvalue weighted by atomic mass is 19.2. The summed E-state index contributed by atoms with van der Waals surface area (Å²) >= 11 is 0. The van der Waals surface area contributed by atoms with Crippen molar-refractivity contribution < 1.29 is 13.6 Å². The fourth-order valence-electron chi connectivity index (χ4n) is 1.78. The molecule has 1 atom stereocenters. The Hall–Kier alpha value is -1.49. The molecule has 1 saturated heterocycles. The number of amides is 1. The van der Waals surface area contributed by atoms with Gasteiger partial charge in [-0.1, -0.05) is 0 Å². The van der Waals surface area contributed by atoms with Crippen LogP contribution in [0, 0.1) is 11.6 Å². The monoisotopic (exact) mass is 226 g/mol. The SMILES string of the molecule is N[C@H]1CCN(C(=O)c2ccc(F)c(F)c2)C1. The quantitative estimate of drug-likeness (QED) is 0.780. The molecule has 0 aromatic heterocycles. The van der Waals surface area contributed by atoms with E-state index in [0.717, 1.165) is 18.6 Å². The van der Waals surface area contributed by atoms with Crippen LogP contribution in [0.15, 0.2) is 18.2 Å². The molecule has 0 bridgehead atoms. The minimum Gasteiger partial charge on any atom is -0.337 e. The van der Waals surface area contributed by atoms with Crippen molar-refractivity contribution in [2.24, 2.45) is 5.73 Å². The van der Waals surface area contributed by atoms with E-state index >= 15 is 0 Å². The van der Waals surface area contributed by atoms with Crippen LogP contribution in [0.4, 0.5) is 8.78 Å². The zero-order valence-corrected chi connectivity index (χ0v) is 8.62. The average Bonchev–Trinajstić information content (AvgIpc) is 2.68. The van der Waals surface area contributed by atoms with Crippen molar-refractivity contribution in [3.05, 3.63) is 35.4 Å². The number of nitrogens with zero attached hydrogens (tertiary/aromatic N) is 1. The molecule has 0 aliphatic carbocycles. The first kappa shape index (κ1) is 11.0. The van der Waals surface area contributed by atoms with E-state index in [1.54, 1.807) is 4.90 Å². The van der Waals surface area contributed by atoms with Crippen molar-refractivity contribution in [3.8, 4) is 0 Å². The number of hydrogen-bond donors (Lipinski definition) is 1. The minimum absolute atomic E-state index is 0.0192. The van der Waals surface area contributed by atoms with Gasteiger partial charge in [-0.15, -0.1) is 0 Å². The molecule has 86 valence electrons. The largest absolute Gasteiger partial charge is 0.337 e. The summed E-state index contributed by atoms with van der Waals surface area (Å²) in [5.41, 5.74) is 5.83. The van der Waals surface area contributed by atoms with Gasteiger partial charge >= 0.3 is 0 Å². The van der Waals surface area contributed by atoms with Crippen LogP contribution in [-0.2, 0) is 0 Å². The predicted molar refractivity (Wildman–Crippen MR) is 54.9 cm³/mol. The second kappa shape index (κ2) is 4.17. The van der Waals surface area contributed by atoms with Crippen molar-refractivity contribution >= 4 is 5.91 Å². The third-order valence-electron chi connectivity index (χ3n) is 2.68. The van der Waals surface area contributed by atoms with Gasteiger partial charge in [0.1, 0.15) is 0 Å². The van der Waals surface area contributed by atoms with Gasteiger partial charge in [-0.2, -0.15) is 0 Å². The molecular formula is C11H12F2N2O. The van der Waals surface area contributed by atoms with Gasteiger partial charge in [0.05, 0.1) is 0 Å². The molecule has 2 rings (SSSR count). The number of hydrogen-bond acceptors (Lipinski definition) is 2. The van der Waals surface area contributed by atoms with Gasteiger partial charge in [0.2, 0.25) is 0 Å². The summed E-state index contributed by atoms with van der Waals surface area (Å²) in [6.45, 7) is 1.04. The molecule has 0 radical (unpaired) electrons. The maximum atomic E-state index is 12.9. The molecule has 3 nitrogen and oxygen atoms in total. The normalized spacial score (nSPS) is 20.2. The Balaban J connectivity index is 2.18. The van der Waals surface area contributed by atoms with Crippen LogP contribution in [0.3, 0.4) is 0 Å². The Morgan fingerprint density at radius 2 is 2.12 bits per heavy atom. The second-order valence-electron chi connectivity index (χ2n) is 3.93. The van der Waals surface area contributed by atoms with Crippen LogP contribution >= 0.6 is 0 Å². The molecule has 0 saturated carbocycles. The molecule has 1 amide bonds. The third-order valence-corrected chi connectivity index (χ3v) is 2.68. The molecule has 1 aromatic rings. The first-order valence-corrected chi connectivity index (χ1v) is 5.08. The van der Waals surface area contributed by atoms with E-state index in [1.807, 2.05) is 0 Å². The lowest BCUT2D eigenvalue weighted by Gasteiger charge is -2.15. The maximum Gasteiger partial charge on any atom is 0.254 e. The number of benzene rings is 1. The van der Waals surface area contributed by atoms with E-state index in [4.69, 9.17) is 5.73 Å². The molecule has 1 fully saturated rings. The van der Waals surface area contributed by atoms with Gasteiger partial charge < -0.3 is 10.6 Å². The second-order valence-corrected chi connectivity index (χ2v) is 3.93. The summed E-state index contributed by atoms with van der Waals surface area (Å²) in [4.78, 5) is 13.4. The lowest BCUT2D eigenvalue weighted by Crippen LogP contribution is -2.31. The fraction of sp³-hybridized carbons (Fsp3) is 0.364. The lowest BCUT2D eigenvalue weighted by molar-refractivity contribution is 0.0790. The maximum absolute atomic E-state index is 12.9. The summed E-state index contributed by atoms with van der Waals surface area (Å²) < 4.78 is 25.6. The molecular weight excluding hydrogens is 214 g/mol. The Morgan fingerprint density at radius 3 is 2.69 bits per heavy atom. The number of halogens is 2. The van der Waals surface area contributed by atoms with E-state index in [-0.39, 0.29) is 17.5 Å². The topological polar surface area (TPSA) is 46.3 Å². The smallest absolute Gasteiger partial charge is 0.254 e. The third kappa shape index (κ3) is 2.04. The van der Waals surface area contributed by atoms with E-state index in [1.165, 1.54) is 6.07 Å². The first-order chi connectivity index (χ1) is 7.58. The Morgan fingerprint density at radius 1 is 1.38 bits per heavy atom. The highest BCUT2D eigenvalue weighted by Gasteiger charge is 2.24. The Labute approximate surface area is 91.8 Å². The van der Waals surface area contributed by atoms with Crippen LogP contribution < -0.4 is 5.73 Å². The van der Waals surface area contributed by atoms with Gasteiger partial charge in [-0.25, -0.2) is 8.78 Å². The molecule has 16 heavy (non-hydrogen) atoms. The van der Waals surface area contributed by atoms with Crippen LogP contribution in [0.25, 0.3) is 0 Å². The van der Waals surface area contributed by atoms with Gasteiger partial charge in [0.15, 0.2) is 11.6 Å². The average molecular weight is 226 g/mol. The fourth-order valence-corrected chi connectivity index (χ4v) is 1.78. The van der Waals surface area contributed by atoms with E-state index in [2.05, 4.69) is 0 Å². The van der Waals surface area contributed by atoms with Crippen LogP contribution in [0.2, 0.25) is 0 Å². The van der Waals surface area contributed by atoms with E-state index < -0.39 is 11.6 Å². The zero-order valence-electron chi connectivity index (χ0n) is 8.62. The molecule has 5 heteroatoms. The zero-order chi connectivity index (χ0) is 11.7. The molecule has 1 aromatic carbocycles. The van der Waals surface area contributed by atoms with Crippen molar-refractivity contribution in [2.75, 3.05) is 13.1 Å². The van der Waals surface area contributed by atoms with Crippen molar-refractivity contribution in [3.63, 3.8) is 0 Å². The summed E-state index contributed by atoms with van der Waals surface area (Å²) in [5, 5.41) is 0. The summed E-state index contributed by atoms with van der Waals surface area (Å²) in [5.74, 6) is -2.25. The molecule has 0 unspecified atom stereocenters. The van der Waals surface area contributed by atoms with Crippen LogP contribution in [0.5, 0.6) is 0 Å². The molecule has 1 aliphatic heterocycles. The van der Waals surface area contributed by atoms with Gasteiger partial charge in [-0.05, 0) is 24.6 Å². The summed E-state index contributed by atoms with van der Waals surface area (Å²) in [6, 6.07) is 3.14. The van der Waals surface area contributed by atoms with Crippen molar-refractivity contribution in [2.45, 2.75) is 12.5 Å². The van der Waals surface area contributed by atoms with E-state index in [9.17, 15) is 13.6 Å². The summed E-state index contributed by atoms with van der Waals surface area (Å²) in [7, 11) is 0. The first-order valence-electron chi connectivity index (χ1n) is 5.08. The number of rotatable bonds is 1. The number of carbonyl (C=O) groups excluding carboxylic acids is 1. The van der Waals surface area contributed by atoms with Gasteiger partial charge in [0, 0.05) is 24.7 Å². The van der Waals surface area contributed by atoms with Crippen molar-refractivity contribution in [1.29, 1.82) is 0 Å². The Bertz CT molecular complexity index is 422. The Kier molecular flexibility index (Phi) is 2.87. The highest BCUT2D eigenvalue weighted by Crippen LogP contribution is 2.14. The highest BCUT2D eigenvalue weighted by molar-refractivity contribution is 5.94.